The molecule has 0 aromatic rings. The Balaban J connectivity index is 1.39. The highest BCUT2D eigenvalue weighted by atomic mass is 16.2. The number of hydrogen-bond acceptors (Lipinski definition) is 2. The summed E-state index contributed by atoms with van der Waals surface area (Å²) in [5, 5.41) is 8.55. The molecular formula is C16H27N3O2. The van der Waals surface area contributed by atoms with E-state index in [1.54, 1.807) is 0 Å². The van der Waals surface area contributed by atoms with Crippen LogP contribution in [0.2, 0.25) is 0 Å². The molecule has 5 heteroatoms. The van der Waals surface area contributed by atoms with Crippen molar-refractivity contribution in [2.45, 2.75) is 44.9 Å². The topological polar surface area (TPSA) is 70.2 Å². The van der Waals surface area contributed by atoms with Gasteiger partial charge in [-0.3, -0.25) is 4.79 Å². The third-order valence-electron chi connectivity index (χ3n) is 5.66. The standard InChI is InChI=1S/C16H27N3O2/c20-11-17-2-1-3-18-15(21)19-10-16-7-12-4-13(8-16)6-14(5-12)9-16/h11-14H,1-10H2,(H,17,20)(H2,18,19,21). The Labute approximate surface area is 126 Å². The number of amides is 3. The molecule has 0 heterocycles. The normalized spacial score (nSPS) is 36.3. The fourth-order valence-corrected chi connectivity index (χ4v) is 5.29. The molecule has 4 aliphatic rings. The SMILES string of the molecule is O=CNCCCNC(=O)NCC12CC3CC(CC(C3)C1)C2. The van der Waals surface area contributed by atoms with E-state index in [2.05, 4.69) is 16.0 Å². The second-order valence-electron chi connectivity index (χ2n) is 7.45. The molecule has 5 nitrogen and oxygen atoms in total. The van der Waals surface area contributed by atoms with Gasteiger partial charge >= 0.3 is 6.03 Å². The highest BCUT2D eigenvalue weighted by Gasteiger charge is 2.50. The van der Waals surface area contributed by atoms with Crippen molar-refractivity contribution in [1.82, 2.24) is 16.0 Å². The van der Waals surface area contributed by atoms with Gasteiger partial charge in [0.05, 0.1) is 0 Å². The van der Waals surface area contributed by atoms with Gasteiger partial charge in [0.15, 0.2) is 0 Å². The Bertz CT molecular complexity index is 362. The third-order valence-corrected chi connectivity index (χ3v) is 5.66. The lowest BCUT2D eigenvalue weighted by molar-refractivity contribution is -0.109. The molecule has 0 aliphatic heterocycles. The van der Waals surface area contributed by atoms with Crippen LogP contribution in [0.3, 0.4) is 0 Å². The van der Waals surface area contributed by atoms with Crippen LogP contribution >= 0.6 is 0 Å². The minimum atomic E-state index is -0.0585. The number of rotatable bonds is 7. The lowest BCUT2D eigenvalue weighted by Gasteiger charge is -2.56. The van der Waals surface area contributed by atoms with E-state index in [-0.39, 0.29) is 6.03 Å². The van der Waals surface area contributed by atoms with Crippen molar-refractivity contribution in [3.8, 4) is 0 Å². The van der Waals surface area contributed by atoms with Crippen LogP contribution in [-0.2, 0) is 4.79 Å². The van der Waals surface area contributed by atoms with E-state index in [0.29, 0.717) is 24.9 Å². The summed E-state index contributed by atoms with van der Waals surface area (Å²) in [6.45, 7) is 2.06. The Hall–Kier alpha value is -1.26. The molecule has 0 atom stereocenters. The summed E-state index contributed by atoms with van der Waals surface area (Å²) >= 11 is 0. The summed E-state index contributed by atoms with van der Waals surface area (Å²) < 4.78 is 0. The van der Waals surface area contributed by atoms with Gasteiger partial charge in [-0.25, -0.2) is 4.79 Å². The fourth-order valence-electron chi connectivity index (χ4n) is 5.29. The average molecular weight is 293 g/mol. The van der Waals surface area contributed by atoms with Gasteiger partial charge in [0.2, 0.25) is 6.41 Å². The molecule has 0 radical (unpaired) electrons. The van der Waals surface area contributed by atoms with E-state index in [0.717, 1.165) is 30.7 Å². The molecule has 3 N–H and O–H groups in total. The summed E-state index contributed by atoms with van der Waals surface area (Å²) in [7, 11) is 0. The largest absolute Gasteiger partial charge is 0.359 e. The van der Waals surface area contributed by atoms with Crippen LogP contribution in [0.25, 0.3) is 0 Å². The Morgan fingerprint density at radius 2 is 1.62 bits per heavy atom. The lowest BCUT2D eigenvalue weighted by Crippen LogP contribution is -2.52. The molecule has 4 rings (SSSR count). The van der Waals surface area contributed by atoms with Gasteiger partial charge in [-0.1, -0.05) is 0 Å². The summed E-state index contributed by atoms with van der Waals surface area (Å²) in [5.74, 6) is 2.78. The first-order chi connectivity index (χ1) is 10.2. The Kier molecular flexibility index (Phi) is 4.36. The van der Waals surface area contributed by atoms with Crippen LogP contribution in [0, 0.1) is 23.2 Å². The van der Waals surface area contributed by atoms with Gasteiger partial charge in [0.1, 0.15) is 0 Å². The molecule has 4 aliphatic carbocycles. The molecule has 0 aromatic carbocycles. The second-order valence-corrected chi connectivity index (χ2v) is 7.45. The molecule has 21 heavy (non-hydrogen) atoms. The molecule has 118 valence electrons. The minimum absolute atomic E-state index is 0.0585. The molecule has 0 unspecified atom stereocenters. The zero-order chi connectivity index (χ0) is 14.7. The van der Waals surface area contributed by atoms with Gasteiger partial charge in [-0.05, 0) is 68.1 Å². The first kappa shape index (κ1) is 14.7. The molecule has 0 saturated heterocycles. The molecule has 4 bridgehead atoms. The molecule has 4 fully saturated rings. The van der Waals surface area contributed by atoms with Gasteiger partial charge in [-0.2, -0.15) is 0 Å². The van der Waals surface area contributed by atoms with Crippen molar-refractivity contribution >= 4 is 12.4 Å². The van der Waals surface area contributed by atoms with Crippen LogP contribution < -0.4 is 16.0 Å². The summed E-state index contributed by atoms with van der Waals surface area (Å²) in [4.78, 5) is 22.0. The zero-order valence-corrected chi connectivity index (χ0v) is 12.7. The van der Waals surface area contributed by atoms with Gasteiger partial charge < -0.3 is 16.0 Å². The molecule has 4 saturated carbocycles. The molecular weight excluding hydrogens is 266 g/mol. The van der Waals surface area contributed by atoms with Crippen LogP contribution in [-0.4, -0.2) is 32.1 Å². The van der Waals surface area contributed by atoms with E-state index < -0.39 is 0 Å². The monoisotopic (exact) mass is 293 g/mol. The van der Waals surface area contributed by atoms with E-state index in [1.165, 1.54) is 38.5 Å². The first-order valence-corrected chi connectivity index (χ1v) is 8.38. The maximum atomic E-state index is 11.9. The van der Waals surface area contributed by atoms with Crippen LogP contribution in [0.15, 0.2) is 0 Å². The Morgan fingerprint density at radius 1 is 1.00 bits per heavy atom. The van der Waals surface area contributed by atoms with Gasteiger partial charge in [0.25, 0.3) is 0 Å². The number of nitrogens with one attached hydrogen (secondary N) is 3. The minimum Gasteiger partial charge on any atom is -0.359 e. The zero-order valence-electron chi connectivity index (χ0n) is 12.7. The number of carbonyl (C=O) groups excluding carboxylic acids is 2. The van der Waals surface area contributed by atoms with Crippen LogP contribution in [0.1, 0.15) is 44.9 Å². The van der Waals surface area contributed by atoms with Crippen LogP contribution in [0.4, 0.5) is 4.79 Å². The van der Waals surface area contributed by atoms with Crippen molar-refractivity contribution in [3.63, 3.8) is 0 Å². The second kappa shape index (κ2) is 6.24. The van der Waals surface area contributed by atoms with E-state index in [9.17, 15) is 9.59 Å². The van der Waals surface area contributed by atoms with Gasteiger partial charge in [0, 0.05) is 19.6 Å². The quantitative estimate of drug-likeness (QED) is 0.493. The number of hydrogen-bond donors (Lipinski definition) is 3. The lowest BCUT2D eigenvalue weighted by atomic mass is 9.49. The predicted octanol–water partition coefficient (Wildman–Crippen LogP) is 1.64. The highest BCUT2D eigenvalue weighted by molar-refractivity contribution is 5.73. The maximum absolute atomic E-state index is 11.9. The van der Waals surface area contributed by atoms with Crippen molar-refractivity contribution in [2.75, 3.05) is 19.6 Å². The molecule has 0 aromatic heterocycles. The number of urea groups is 1. The summed E-state index contributed by atoms with van der Waals surface area (Å²) in [6, 6.07) is -0.0585. The molecule has 3 amide bonds. The first-order valence-electron chi connectivity index (χ1n) is 8.38. The highest BCUT2D eigenvalue weighted by Crippen LogP contribution is 2.59. The summed E-state index contributed by atoms with van der Waals surface area (Å²) in [5.41, 5.74) is 0.394. The Morgan fingerprint density at radius 3 is 2.19 bits per heavy atom. The van der Waals surface area contributed by atoms with Gasteiger partial charge in [-0.15, -0.1) is 0 Å². The summed E-state index contributed by atoms with van der Waals surface area (Å²) in [6.07, 6.45) is 9.74. The third kappa shape index (κ3) is 3.50. The average Bonchev–Trinajstić information content (AvgIpc) is 2.44. The molecule has 0 spiro atoms. The van der Waals surface area contributed by atoms with Crippen molar-refractivity contribution < 1.29 is 9.59 Å². The van der Waals surface area contributed by atoms with Crippen molar-refractivity contribution in [3.05, 3.63) is 0 Å². The van der Waals surface area contributed by atoms with Crippen molar-refractivity contribution in [2.24, 2.45) is 23.2 Å². The van der Waals surface area contributed by atoms with Crippen molar-refractivity contribution in [1.29, 1.82) is 0 Å². The predicted molar refractivity (Wildman–Crippen MR) is 80.7 cm³/mol. The fraction of sp³-hybridized carbons (Fsp3) is 0.875. The van der Waals surface area contributed by atoms with E-state index >= 15 is 0 Å². The number of carbonyl (C=O) groups is 2. The van der Waals surface area contributed by atoms with E-state index in [4.69, 9.17) is 0 Å². The smallest absolute Gasteiger partial charge is 0.314 e. The van der Waals surface area contributed by atoms with Crippen LogP contribution in [0.5, 0.6) is 0 Å². The maximum Gasteiger partial charge on any atom is 0.314 e. The van der Waals surface area contributed by atoms with E-state index in [1.807, 2.05) is 0 Å².